The van der Waals surface area contributed by atoms with E-state index in [1.54, 1.807) is 24.3 Å². The molecule has 10 heteroatoms. The molecule has 0 fully saturated rings. The summed E-state index contributed by atoms with van der Waals surface area (Å²) < 4.78 is 4.76. The highest BCUT2D eigenvalue weighted by Gasteiger charge is 2.20. The Morgan fingerprint density at radius 2 is 2.14 bits per heavy atom. The minimum Gasteiger partial charge on any atom is -0.465 e. The van der Waals surface area contributed by atoms with E-state index >= 15 is 0 Å². The van der Waals surface area contributed by atoms with Crippen molar-refractivity contribution in [3.05, 3.63) is 54.5 Å². The molecule has 4 aromatic rings. The Balaban J connectivity index is 1.73. The lowest BCUT2D eigenvalue weighted by Gasteiger charge is -1.99. The fourth-order valence-corrected chi connectivity index (χ4v) is 5.40. The Bertz CT molecular complexity index is 1270. The average molecular weight is 450 g/mol. The zero-order valence-electron chi connectivity index (χ0n) is 14.6. The molecule has 4 aromatic heterocycles. The third kappa shape index (κ3) is 3.42. The summed E-state index contributed by atoms with van der Waals surface area (Å²) in [4.78, 5) is 36.8. The number of aryl methyl sites for hydroxylation is 1. The zero-order chi connectivity index (χ0) is 19.8. The van der Waals surface area contributed by atoms with Crippen LogP contribution in [0.1, 0.15) is 26.8 Å². The van der Waals surface area contributed by atoms with E-state index in [1.807, 2.05) is 22.2 Å². The second kappa shape index (κ2) is 7.59. The summed E-state index contributed by atoms with van der Waals surface area (Å²) in [6.45, 7) is 1.69. The number of methoxy groups -OCH3 is 1. The van der Waals surface area contributed by atoms with Crippen LogP contribution in [0.3, 0.4) is 0 Å². The van der Waals surface area contributed by atoms with Gasteiger partial charge in [-0.05, 0) is 30.0 Å². The molecule has 0 aliphatic rings. The smallest absolute Gasteiger partial charge is 0.348 e. The largest absolute Gasteiger partial charge is 0.465 e. The first kappa shape index (κ1) is 19.0. The zero-order valence-corrected chi connectivity index (χ0v) is 17.8. The number of nitrogens with one attached hydrogen (secondary N) is 1. The molecule has 4 rings (SSSR count). The molecule has 0 unspecified atom stereocenters. The average Bonchev–Trinajstić information content (AvgIpc) is 3.41. The van der Waals surface area contributed by atoms with Crippen LogP contribution in [0.5, 0.6) is 0 Å². The molecule has 4 heterocycles. The van der Waals surface area contributed by atoms with E-state index < -0.39 is 5.97 Å². The number of H-pyrrole nitrogens is 1. The van der Waals surface area contributed by atoms with E-state index in [9.17, 15) is 9.59 Å². The first-order valence-electron chi connectivity index (χ1n) is 7.95. The van der Waals surface area contributed by atoms with E-state index in [4.69, 9.17) is 16.3 Å². The van der Waals surface area contributed by atoms with Crippen LogP contribution in [0.15, 0.2) is 27.0 Å². The van der Waals surface area contributed by atoms with Gasteiger partial charge in [-0.1, -0.05) is 11.6 Å². The Morgan fingerprint density at radius 3 is 2.86 bits per heavy atom. The number of thiophene rings is 2. The SMILES string of the molecule is COC(=O)c1sc2nc(/C(Cl)=C/c3csc(-c4ccsc4)n3)[nH]c(=O)c2c1C. The van der Waals surface area contributed by atoms with Crippen molar-refractivity contribution in [2.75, 3.05) is 7.11 Å². The van der Waals surface area contributed by atoms with Crippen LogP contribution in [0.25, 0.3) is 31.9 Å². The molecular weight excluding hydrogens is 438 g/mol. The quantitative estimate of drug-likeness (QED) is 0.443. The maximum absolute atomic E-state index is 12.5. The number of fused-ring (bicyclic) bond motifs is 1. The lowest BCUT2D eigenvalue weighted by atomic mass is 10.2. The lowest BCUT2D eigenvalue weighted by molar-refractivity contribution is 0.0605. The topological polar surface area (TPSA) is 84.9 Å². The third-order valence-corrected chi connectivity index (χ3v) is 7.01. The molecule has 142 valence electrons. The molecule has 0 aliphatic heterocycles. The predicted octanol–water partition coefficient (Wildman–Crippen LogP) is 5.00. The molecular formula is C18H12ClN3O3S3. The van der Waals surface area contributed by atoms with Crippen molar-refractivity contribution >= 4 is 72.9 Å². The highest BCUT2D eigenvalue weighted by molar-refractivity contribution is 7.20. The van der Waals surface area contributed by atoms with Crippen LogP contribution in [-0.2, 0) is 4.74 Å². The number of aromatic nitrogens is 3. The van der Waals surface area contributed by atoms with E-state index in [2.05, 4.69) is 15.0 Å². The third-order valence-electron chi connectivity index (χ3n) is 3.96. The predicted molar refractivity (Wildman–Crippen MR) is 115 cm³/mol. The van der Waals surface area contributed by atoms with Crippen molar-refractivity contribution in [1.82, 2.24) is 15.0 Å². The Hall–Kier alpha value is -2.33. The van der Waals surface area contributed by atoms with Gasteiger partial charge in [0.2, 0.25) is 0 Å². The maximum Gasteiger partial charge on any atom is 0.348 e. The van der Waals surface area contributed by atoms with Crippen molar-refractivity contribution in [2.24, 2.45) is 0 Å². The van der Waals surface area contributed by atoms with E-state index in [0.717, 1.165) is 21.9 Å². The molecule has 0 amide bonds. The second-order valence-corrected chi connectivity index (χ2v) is 8.77. The summed E-state index contributed by atoms with van der Waals surface area (Å²) in [5.74, 6) is -0.270. The van der Waals surface area contributed by atoms with Gasteiger partial charge in [0.25, 0.3) is 5.56 Å². The van der Waals surface area contributed by atoms with Crippen LogP contribution in [-0.4, -0.2) is 28.0 Å². The molecule has 0 atom stereocenters. The number of ether oxygens (including phenoxy) is 1. The summed E-state index contributed by atoms with van der Waals surface area (Å²) in [5, 5.41) is 7.42. The van der Waals surface area contributed by atoms with Crippen LogP contribution >= 0.6 is 45.6 Å². The molecule has 0 saturated carbocycles. The number of hydrogen-bond acceptors (Lipinski definition) is 8. The summed E-state index contributed by atoms with van der Waals surface area (Å²) in [6.07, 6.45) is 1.65. The number of carbonyl (C=O) groups is 1. The van der Waals surface area contributed by atoms with Gasteiger partial charge in [0.15, 0.2) is 5.82 Å². The van der Waals surface area contributed by atoms with Gasteiger partial charge in [-0.2, -0.15) is 11.3 Å². The standard InChI is InChI=1S/C18H12ClN3O3S3/c1-8-12-15(23)21-14(22-17(12)28-13(8)18(24)25-2)11(19)5-10-7-27-16(20-10)9-3-4-26-6-9/h3-7H,1-2H3,(H,21,22,23)/b11-5-. The van der Waals surface area contributed by atoms with Gasteiger partial charge in [-0.15, -0.1) is 22.7 Å². The maximum atomic E-state index is 12.5. The number of rotatable bonds is 4. The van der Waals surface area contributed by atoms with Crippen LogP contribution in [0.4, 0.5) is 0 Å². The van der Waals surface area contributed by atoms with E-state index in [-0.39, 0.29) is 16.4 Å². The van der Waals surface area contributed by atoms with E-state index in [0.29, 0.717) is 26.4 Å². The summed E-state index contributed by atoms with van der Waals surface area (Å²) >= 11 is 10.6. The van der Waals surface area contributed by atoms with Crippen LogP contribution < -0.4 is 5.56 Å². The number of carbonyl (C=O) groups excluding carboxylic acids is 1. The fourth-order valence-electron chi connectivity index (χ4n) is 2.61. The van der Waals surface area contributed by atoms with Crippen molar-refractivity contribution < 1.29 is 9.53 Å². The lowest BCUT2D eigenvalue weighted by Crippen LogP contribution is -2.10. The number of halogens is 1. The second-order valence-electron chi connectivity index (χ2n) is 5.72. The fraction of sp³-hybridized carbons (Fsp3) is 0.111. The van der Waals surface area contributed by atoms with Gasteiger partial charge in [-0.3, -0.25) is 4.79 Å². The molecule has 0 radical (unpaired) electrons. The minimum atomic E-state index is -0.494. The van der Waals surface area contributed by atoms with Gasteiger partial charge in [0.1, 0.15) is 14.7 Å². The molecule has 0 aliphatic carbocycles. The first-order chi connectivity index (χ1) is 13.5. The molecule has 0 spiro atoms. The molecule has 0 bridgehead atoms. The number of thiazole rings is 1. The summed E-state index contributed by atoms with van der Waals surface area (Å²) in [6, 6.07) is 2.00. The minimum absolute atomic E-state index is 0.224. The van der Waals surface area contributed by atoms with Crippen molar-refractivity contribution in [3.63, 3.8) is 0 Å². The molecule has 0 saturated heterocycles. The van der Waals surface area contributed by atoms with Crippen LogP contribution in [0, 0.1) is 6.92 Å². The van der Waals surface area contributed by atoms with Gasteiger partial charge < -0.3 is 9.72 Å². The highest BCUT2D eigenvalue weighted by Crippen LogP contribution is 2.30. The first-order valence-corrected chi connectivity index (χ1v) is 11.0. The Kier molecular flexibility index (Phi) is 5.15. The molecule has 1 N–H and O–H groups in total. The van der Waals surface area contributed by atoms with Crippen LogP contribution in [0.2, 0.25) is 0 Å². The Morgan fingerprint density at radius 1 is 1.32 bits per heavy atom. The van der Waals surface area contributed by atoms with Gasteiger partial charge in [-0.25, -0.2) is 14.8 Å². The normalized spacial score (nSPS) is 11.9. The van der Waals surface area contributed by atoms with Gasteiger partial charge >= 0.3 is 5.97 Å². The molecule has 0 aromatic carbocycles. The number of hydrogen-bond donors (Lipinski definition) is 1. The number of nitrogens with zero attached hydrogens (tertiary/aromatic N) is 2. The van der Waals surface area contributed by atoms with Gasteiger partial charge in [0, 0.05) is 16.3 Å². The number of aromatic amines is 1. The molecule has 28 heavy (non-hydrogen) atoms. The van der Waals surface area contributed by atoms with Crippen molar-refractivity contribution in [2.45, 2.75) is 6.92 Å². The monoisotopic (exact) mass is 449 g/mol. The van der Waals surface area contributed by atoms with E-state index in [1.165, 1.54) is 18.4 Å². The van der Waals surface area contributed by atoms with Gasteiger partial charge in [0.05, 0.1) is 23.2 Å². The van der Waals surface area contributed by atoms with Crippen molar-refractivity contribution in [3.8, 4) is 10.6 Å². The highest BCUT2D eigenvalue weighted by atomic mass is 35.5. The summed E-state index contributed by atoms with van der Waals surface area (Å²) in [7, 11) is 1.30. The van der Waals surface area contributed by atoms with Crippen molar-refractivity contribution in [1.29, 1.82) is 0 Å². The Labute approximate surface area is 176 Å². The summed E-state index contributed by atoms with van der Waals surface area (Å²) in [5.41, 5.74) is 1.93. The molecule has 6 nitrogen and oxygen atoms in total. The number of esters is 1.